The van der Waals surface area contributed by atoms with Gasteiger partial charge in [0, 0.05) is 37.1 Å². The van der Waals surface area contributed by atoms with Gasteiger partial charge in [0.25, 0.3) is 11.1 Å². The molecule has 5 heterocycles. The summed E-state index contributed by atoms with van der Waals surface area (Å²) in [5.41, 5.74) is 3.75. The number of β-amino-alcohol motifs (C(OH)–C–C–N with tert-alkyl or cyclic N) is 1. The molecule has 1 atom stereocenters. The van der Waals surface area contributed by atoms with Crippen LogP contribution in [-0.4, -0.2) is 132 Å². The number of carbonyl (C=O) groups is 1. The van der Waals surface area contributed by atoms with E-state index in [2.05, 4.69) is 32.0 Å². The third kappa shape index (κ3) is 9.79. The van der Waals surface area contributed by atoms with Crippen molar-refractivity contribution in [1.29, 1.82) is 0 Å². The first-order valence-corrected chi connectivity index (χ1v) is 21.1. The molecule has 0 bridgehead atoms. The Balaban J connectivity index is 0.000000207. The Morgan fingerprint density at radius 2 is 1.39 bits per heavy atom. The van der Waals surface area contributed by atoms with Crippen LogP contribution in [0.5, 0.6) is 11.5 Å². The summed E-state index contributed by atoms with van der Waals surface area (Å²) in [6.07, 6.45) is 3.17. The highest BCUT2D eigenvalue weighted by Gasteiger charge is 2.36. The number of carbonyl (C=O) groups excluding carboxylic acids is 1. The van der Waals surface area contributed by atoms with Crippen molar-refractivity contribution in [3.8, 4) is 34.3 Å². The monoisotopic (exact) mass is 854 g/mol. The number of benzene rings is 2. The molecule has 1 fully saturated rings. The zero-order valence-electron chi connectivity index (χ0n) is 36.9. The molecule has 0 aliphatic carbocycles. The number of nitrogens with zero attached hydrogens (tertiary/aromatic N) is 8. The largest absolute Gasteiger partial charge is 0.493 e. The molecule has 332 valence electrons. The molecule has 18 nitrogen and oxygen atoms in total. The molecule has 1 aliphatic heterocycles. The first kappa shape index (κ1) is 45.7. The summed E-state index contributed by atoms with van der Waals surface area (Å²) in [6.45, 7) is 14.4. The maximum atomic E-state index is 12.9. The molecule has 4 N–H and O–H groups in total. The number of H-pyrrole nitrogens is 2. The first-order valence-electron chi connectivity index (χ1n) is 21.1. The zero-order valence-corrected chi connectivity index (χ0v) is 36.9. The number of aromatic amines is 2. The molecule has 1 unspecified atom stereocenters. The minimum atomic E-state index is -1.45. The molecule has 1 saturated heterocycles. The number of morpholine rings is 1. The van der Waals surface area contributed by atoms with Crippen LogP contribution in [0, 0.1) is 13.8 Å². The van der Waals surface area contributed by atoms with Crippen molar-refractivity contribution in [3.63, 3.8) is 0 Å². The van der Waals surface area contributed by atoms with Crippen LogP contribution >= 0.6 is 0 Å². The van der Waals surface area contributed by atoms with Gasteiger partial charge < -0.3 is 34.4 Å². The van der Waals surface area contributed by atoms with E-state index < -0.39 is 5.79 Å². The van der Waals surface area contributed by atoms with E-state index in [1.165, 1.54) is 0 Å². The highest BCUT2D eigenvalue weighted by atomic mass is 16.6. The number of rotatable bonds is 16. The number of likely N-dealkylation sites (N-methyl/N-ethyl adjacent to an activating group) is 2. The van der Waals surface area contributed by atoms with Crippen molar-refractivity contribution in [1.82, 2.24) is 49.0 Å². The van der Waals surface area contributed by atoms with Gasteiger partial charge in [-0.2, -0.15) is 0 Å². The second-order valence-corrected chi connectivity index (χ2v) is 15.4. The molecule has 1 aliphatic rings. The summed E-state index contributed by atoms with van der Waals surface area (Å²) in [6, 6.07) is 10.4. The molecule has 62 heavy (non-hydrogen) atoms. The van der Waals surface area contributed by atoms with E-state index in [1.54, 1.807) is 64.3 Å². The number of aliphatic hydroxyl groups is 2. The Labute approximate surface area is 359 Å². The Bertz CT molecular complexity index is 2650. The van der Waals surface area contributed by atoms with E-state index in [1.807, 2.05) is 39.6 Å². The van der Waals surface area contributed by atoms with Gasteiger partial charge in [-0.1, -0.05) is 13.8 Å². The van der Waals surface area contributed by atoms with E-state index in [9.17, 15) is 19.5 Å². The summed E-state index contributed by atoms with van der Waals surface area (Å²) >= 11 is 0. The van der Waals surface area contributed by atoms with Gasteiger partial charge in [-0.25, -0.2) is 19.0 Å². The Morgan fingerprint density at radius 1 is 0.855 bits per heavy atom. The van der Waals surface area contributed by atoms with Crippen LogP contribution in [0.1, 0.15) is 79.5 Å². The molecule has 18 heteroatoms. The van der Waals surface area contributed by atoms with Gasteiger partial charge in [0.1, 0.15) is 23.1 Å². The number of aryl methyl sites for hydroxylation is 4. The Kier molecular flexibility index (Phi) is 14.7. The fourth-order valence-corrected chi connectivity index (χ4v) is 7.52. The van der Waals surface area contributed by atoms with Crippen molar-refractivity contribution in [2.75, 3.05) is 66.7 Å². The quantitative estimate of drug-likeness (QED) is 0.102. The maximum Gasteiger partial charge on any atom is 0.277 e. The number of ketones is 1. The number of nitrogens with one attached hydrogen (secondary N) is 2. The number of hydrogen-bond acceptors (Lipinski definition) is 14. The van der Waals surface area contributed by atoms with E-state index >= 15 is 0 Å². The highest BCUT2D eigenvalue weighted by Crippen LogP contribution is 2.35. The second kappa shape index (κ2) is 19.9. The summed E-state index contributed by atoms with van der Waals surface area (Å²) in [5.74, 6) is 1.67. The van der Waals surface area contributed by atoms with E-state index in [-0.39, 0.29) is 30.1 Å². The summed E-state index contributed by atoms with van der Waals surface area (Å²) < 4.78 is 20.5. The predicted molar refractivity (Wildman–Crippen MR) is 234 cm³/mol. The molecule has 4 aromatic heterocycles. The molecule has 0 saturated carbocycles. The molecule has 2 aromatic carbocycles. The maximum absolute atomic E-state index is 12.9. The van der Waals surface area contributed by atoms with Crippen molar-refractivity contribution in [2.24, 2.45) is 0 Å². The van der Waals surface area contributed by atoms with Gasteiger partial charge in [0.15, 0.2) is 28.5 Å². The Morgan fingerprint density at radius 3 is 1.89 bits per heavy atom. The van der Waals surface area contributed by atoms with Gasteiger partial charge in [-0.15, -0.1) is 10.2 Å². The lowest BCUT2D eigenvalue weighted by Gasteiger charge is -2.37. The lowest BCUT2D eigenvalue weighted by atomic mass is 10.00. The fraction of sp³-hybridized carbons (Fsp3) is 0.477. The average Bonchev–Trinajstić information content (AvgIpc) is 3.73. The molecular weight excluding hydrogens is 797 g/mol. The van der Waals surface area contributed by atoms with Crippen LogP contribution in [0.15, 0.2) is 46.0 Å². The van der Waals surface area contributed by atoms with Crippen LogP contribution < -0.4 is 20.6 Å². The van der Waals surface area contributed by atoms with Gasteiger partial charge in [0.05, 0.1) is 62.0 Å². The van der Waals surface area contributed by atoms with Crippen molar-refractivity contribution in [2.45, 2.75) is 73.0 Å². The van der Waals surface area contributed by atoms with Crippen molar-refractivity contribution >= 4 is 16.8 Å². The third-order valence-corrected chi connectivity index (χ3v) is 10.5. The lowest BCUT2D eigenvalue weighted by molar-refractivity contribution is -0.245. The highest BCUT2D eigenvalue weighted by molar-refractivity contribution is 5.99. The topological polar surface area (TPSA) is 218 Å². The number of aliphatic hydroxyl groups excluding tert-OH is 1. The van der Waals surface area contributed by atoms with Gasteiger partial charge in [0.2, 0.25) is 5.79 Å². The number of hydrogen-bond donors (Lipinski definition) is 4. The standard InChI is InChI=1S/2C22H29N5O4/c1-5-7-18-23-14(3)19-21(28)24-20(25-27(18)19)16-12-15(8-9-17(16)30-6-2)22(29)13-26(4)10-11-31-22;1-5-7-19-23-14(3)20-22(30)24-21(25-27(19)20)16-12-15(8-9-18(16)31-6-2)17(29)13-26(4)10-11-28/h8-9,12,29H,5-7,10-11,13H2,1-4H3,(H,24,25,28);8-9,12,28H,5-7,10-11,13H2,1-4H3,(H,24,25,30). The molecule has 7 rings (SSSR count). The van der Waals surface area contributed by atoms with Crippen LogP contribution in [-0.2, 0) is 23.4 Å². The second-order valence-electron chi connectivity index (χ2n) is 15.4. The number of imidazole rings is 2. The number of aromatic nitrogens is 8. The van der Waals surface area contributed by atoms with Crippen LogP contribution in [0.3, 0.4) is 0 Å². The van der Waals surface area contributed by atoms with Crippen LogP contribution in [0.4, 0.5) is 0 Å². The van der Waals surface area contributed by atoms with Crippen LogP contribution in [0.2, 0.25) is 0 Å². The van der Waals surface area contributed by atoms with Crippen molar-refractivity contribution in [3.05, 3.63) is 91.3 Å². The summed E-state index contributed by atoms with van der Waals surface area (Å²) in [7, 11) is 3.71. The van der Waals surface area contributed by atoms with Gasteiger partial charge in [-0.3, -0.25) is 24.2 Å². The molecule has 0 amide bonds. The van der Waals surface area contributed by atoms with E-state index in [0.717, 1.165) is 31.0 Å². The van der Waals surface area contributed by atoms with Crippen LogP contribution in [0.25, 0.3) is 33.8 Å². The lowest BCUT2D eigenvalue weighted by Crippen LogP contribution is -2.48. The summed E-state index contributed by atoms with van der Waals surface area (Å²) in [4.78, 5) is 56.9. The predicted octanol–water partition coefficient (Wildman–Crippen LogP) is 3.70. The fourth-order valence-electron chi connectivity index (χ4n) is 7.52. The Hall–Kier alpha value is -5.79. The van der Waals surface area contributed by atoms with Gasteiger partial charge >= 0.3 is 0 Å². The SMILES string of the molecule is CCCc1nc(C)c2c(=O)[nH]c(-c3cc(C(=O)CN(C)CCO)ccc3OCC)nn12.CCCc1nc(C)c2c(=O)[nH]c(-c3cc(C4(O)CN(C)CCO4)ccc3OCC)nn12. The third-order valence-electron chi connectivity index (χ3n) is 10.5. The normalized spacial score (nSPS) is 15.6. The molecule has 0 radical (unpaired) electrons. The molecule has 6 aromatic rings. The molecular formula is C44H58N10O8. The van der Waals surface area contributed by atoms with E-state index in [0.29, 0.717) is 114 Å². The van der Waals surface area contributed by atoms with Crippen molar-refractivity contribution < 1.29 is 29.2 Å². The van der Waals surface area contributed by atoms with E-state index in [4.69, 9.17) is 24.4 Å². The zero-order chi connectivity index (χ0) is 44.7. The first-order chi connectivity index (χ1) is 29.7. The molecule has 0 spiro atoms. The minimum Gasteiger partial charge on any atom is -0.493 e. The number of fused-ring (bicyclic) bond motifs is 2. The number of ether oxygens (including phenoxy) is 3. The summed E-state index contributed by atoms with van der Waals surface area (Å²) in [5, 5.41) is 29.5. The number of Topliss-reactive ketones (excluding diaryl/α,β-unsaturated/α-hetero) is 1. The smallest absolute Gasteiger partial charge is 0.277 e. The van der Waals surface area contributed by atoms with Gasteiger partial charge in [-0.05, 0) is 91.0 Å². The minimum absolute atomic E-state index is 0.0199. The average molecular weight is 855 g/mol.